The monoisotopic (exact) mass is 326 g/mol. The van der Waals surface area contributed by atoms with Crippen LogP contribution in [0, 0.1) is 5.92 Å². The first-order chi connectivity index (χ1) is 11.7. The predicted octanol–water partition coefficient (Wildman–Crippen LogP) is 4.77. The van der Waals surface area contributed by atoms with E-state index in [2.05, 4.69) is 18.8 Å². The van der Waals surface area contributed by atoms with Gasteiger partial charge in [0.05, 0.1) is 0 Å². The molecule has 1 amide bonds. The molecule has 0 unspecified atom stereocenters. The van der Waals surface area contributed by atoms with Gasteiger partial charge in [-0.05, 0) is 43.2 Å². The smallest absolute Gasteiger partial charge is 0.253 e. The maximum Gasteiger partial charge on any atom is 0.253 e. The molecule has 2 rings (SSSR count). The predicted molar refractivity (Wildman–Crippen MR) is 96.4 cm³/mol. The van der Waals surface area contributed by atoms with Crippen LogP contribution >= 0.6 is 0 Å². The number of nitrogens with zero attached hydrogens (tertiary/aromatic N) is 2. The van der Waals surface area contributed by atoms with Crippen LogP contribution in [0.2, 0.25) is 0 Å². The van der Waals surface area contributed by atoms with Gasteiger partial charge in [0.2, 0.25) is 0 Å². The topological polar surface area (TPSA) is 42.4 Å². The summed E-state index contributed by atoms with van der Waals surface area (Å²) in [5.74, 6) is 1.97. The van der Waals surface area contributed by atoms with Crippen LogP contribution in [0.5, 0.6) is 11.5 Å². The molecule has 0 aliphatic carbocycles. The summed E-state index contributed by atoms with van der Waals surface area (Å²) in [4.78, 5) is 18.7. The van der Waals surface area contributed by atoms with Crippen LogP contribution < -0.4 is 4.74 Å². The number of aromatic nitrogens is 1. The van der Waals surface area contributed by atoms with E-state index in [1.54, 1.807) is 30.6 Å². The van der Waals surface area contributed by atoms with E-state index in [9.17, 15) is 4.79 Å². The Morgan fingerprint density at radius 2 is 1.79 bits per heavy atom. The molecule has 2 aromatic rings. The Kier molecular flexibility index (Phi) is 6.79. The summed E-state index contributed by atoms with van der Waals surface area (Å²) < 4.78 is 5.80. The van der Waals surface area contributed by atoms with E-state index in [0.29, 0.717) is 29.5 Å². The molecule has 0 fully saturated rings. The average Bonchev–Trinajstić information content (AvgIpc) is 2.63. The summed E-state index contributed by atoms with van der Waals surface area (Å²) in [6.07, 6.45) is 5.54. The summed E-state index contributed by atoms with van der Waals surface area (Å²) in [5, 5.41) is 0. The highest BCUT2D eigenvalue weighted by molar-refractivity contribution is 5.94. The fourth-order valence-corrected chi connectivity index (χ4v) is 2.63. The molecule has 0 bridgehead atoms. The van der Waals surface area contributed by atoms with Gasteiger partial charge in [0.1, 0.15) is 11.5 Å². The molecule has 0 saturated carbocycles. The number of hydrogen-bond acceptors (Lipinski definition) is 3. The molecule has 0 saturated heterocycles. The van der Waals surface area contributed by atoms with Gasteiger partial charge in [-0.2, -0.15) is 0 Å². The molecule has 24 heavy (non-hydrogen) atoms. The number of benzene rings is 1. The average molecular weight is 326 g/mol. The van der Waals surface area contributed by atoms with Gasteiger partial charge >= 0.3 is 0 Å². The summed E-state index contributed by atoms with van der Waals surface area (Å²) in [7, 11) is 0. The molecule has 4 nitrogen and oxygen atoms in total. The van der Waals surface area contributed by atoms with Crippen molar-refractivity contribution < 1.29 is 9.53 Å². The SMILES string of the molecule is CCC(CC)CN(CC)C(=O)c1cccc(Oc2ccncc2)c1. The van der Waals surface area contributed by atoms with Crippen molar-refractivity contribution in [3.63, 3.8) is 0 Å². The van der Waals surface area contributed by atoms with Crippen molar-refractivity contribution in [3.05, 3.63) is 54.4 Å². The van der Waals surface area contributed by atoms with Gasteiger partial charge in [-0.3, -0.25) is 9.78 Å². The minimum Gasteiger partial charge on any atom is -0.457 e. The van der Waals surface area contributed by atoms with Crippen molar-refractivity contribution >= 4 is 5.91 Å². The van der Waals surface area contributed by atoms with Gasteiger partial charge in [-0.1, -0.05) is 32.8 Å². The summed E-state index contributed by atoms with van der Waals surface area (Å²) in [5.41, 5.74) is 0.661. The molecule has 0 aliphatic heterocycles. The van der Waals surface area contributed by atoms with Gasteiger partial charge in [-0.25, -0.2) is 0 Å². The van der Waals surface area contributed by atoms with Crippen LogP contribution in [-0.2, 0) is 0 Å². The molecule has 4 heteroatoms. The van der Waals surface area contributed by atoms with E-state index in [-0.39, 0.29) is 5.91 Å². The fraction of sp³-hybridized carbons (Fsp3) is 0.400. The largest absolute Gasteiger partial charge is 0.457 e. The lowest BCUT2D eigenvalue weighted by molar-refractivity contribution is 0.0734. The van der Waals surface area contributed by atoms with E-state index < -0.39 is 0 Å². The lowest BCUT2D eigenvalue weighted by Crippen LogP contribution is -2.35. The highest BCUT2D eigenvalue weighted by Gasteiger charge is 2.18. The number of ether oxygens (including phenoxy) is 1. The van der Waals surface area contributed by atoms with Crippen molar-refractivity contribution in [1.82, 2.24) is 9.88 Å². The Hall–Kier alpha value is -2.36. The molecule has 0 aliphatic rings. The molecule has 1 heterocycles. The maximum atomic E-state index is 12.8. The minimum absolute atomic E-state index is 0.0598. The van der Waals surface area contributed by atoms with Crippen molar-refractivity contribution in [2.45, 2.75) is 33.6 Å². The molecule has 1 aromatic heterocycles. The quantitative estimate of drug-likeness (QED) is 0.701. The Morgan fingerprint density at radius 3 is 2.42 bits per heavy atom. The van der Waals surface area contributed by atoms with Crippen LogP contribution in [0.25, 0.3) is 0 Å². The van der Waals surface area contributed by atoms with Gasteiger partial charge < -0.3 is 9.64 Å². The van der Waals surface area contributed by atoms with E-state index in [4.69, 9.17) is 4.74 Å². The zero-order valence-corrected chi connectivity index (χ0v) is 14.7. The van der Waals surface area contributed by atoms with Gasteiger partial charge in [0, 0.05) is 31.0 Å². The lowest BCUT2D eigenvalue weighted by atomic mass is 10.0. The normalized spacial score (nSPS) is 10.7. The first kappa shape index (κ1) is 18.0. The zero-order chi connectivity index (χ0) is 17.4. The molecule has 0 N–H and O–H groups in total. The van der Waals surface area contributed by atoms with Gasteiger partial charge in [-0.15, -0.1) is 0 Å². The van der Waals surface area contributed by atoms with E-state index in [0.717, 1.165) is 19.4 Å². The third-order valence-corrected chi connectivity index (χ3v) is 4.27. The molecule has 0 radical (unpaired) electrons. The van der Waals surface area contributed by atoms with Gasteiger partial charge in [0.25, 0.3) is 5.91 Å². The second kappa shape index (κ2) is 9.06. The molecular weight excluding hydrogens is 300 g/mol. The Bertz CT molecular complexity index is 639. The number of hydrogen-bond donors (Lipinski definition) is 0. The highest BCUT2D eigenvalue weighted by Crippen LogP contribution is 2.22. The fourth-order valence-electron chi connectivity index (χ4n) is 2.63. The third-order valence-electron chi connectivity index (χ3n) is 4.27. The number of carbonyl (C=O) groups is 1. The summed E-state index contributed by atoms with van der Waals surface area (Å²) in [6.45, 7) is 7.89. The molecular formula is C20H26N2O2. The standard InChI is InChI=1S/C20H26N2O2/c1-4-16(5-2)15-22(6-3)20(23)17-8-7-9-19(14-17)24-18-10-12-21-13-11-18/h7-14,16H,4-6,15H2,1-3H3. The number of pyridine rings is 1. The summed E-state index contributed by atoms with van der Waals surface area (Å²) >= 11 is 0. The highest BCUT2D eigenvalue weighted by atomic mass is 16.5. The number of carbonyl (C=O) groups excluding carboxylic acids is 1. The first-order valence-electron chi connectivity index (χ1n) is 8.65. The molecule has 0 spiro atoms. The Balaban J connectivity index is 2.12. The molecule has 1 aromatic carbocycles. The lowest BCUT2D eigenvalue weighted by Gasteiger charge is -2.25. The van der Waals surface area contributed by atoms with E-state index in [1.165, 1.54) is 0 Å². The van der Waals surface area contributed by atoms with Crippen molar-refractivity contribution in [2.75, 3.05) is 13.1 Å². The van der Waals surface area contributed by atoms with Crippen molar-refractivity contribution in [3.8, 4) is 11.5 Å². The number of amides is 1. The minimum atomic E-state index is 0.0598. The van der Waals surface area contributed by atoms with Crippen molar-refractivity contribution in [2.24, 2.45) is 5.92 Å². The Morgan fingerprint density at radius 1 is 1.08 bits per heavy atom. The van der Waals surface area contributed by atoms with E-state index in [1.807, 2.05) is 30.0 Å². The maximum absolute atomic E-state index is 12.8. The second-order valence-electron chi connectivity index (χ2n) is 5.84. The first-order valence-corrected chi connectivity index (χ1v) is 8.65. The van der Waals surface area contributed by atoms with Crippen LogP contribution in [-0.4, -0.2) is 28.9 Å². The molecule has 0 atom stereocenters. The Labute approximate surface area is 144 Å². The third kappa shape index (κ3) is 4.82. The second-order valence-corrected chi connectivity index (χ2v) is 5.84. The van der Waals surface area contributed by atoms with Crippen LogP contribution in [0.4, 0.5) is 0 Å². The van der Waals surface area contributed by atoms with Gasteiger partial charge in [0.15, 0.2) is 0 Å². The summed E-state index contributed by atoms with van der Waals surface area (Å²) in [6, 6.07) is 10.9. The van der Waals surface area contributed by atoms with E-state index >= 15 is 0 Å². The van der Waals surface area contributed by atoms with Crippen LogP contribution in [0.15, 0.2) is 48.8 Å². The zero-order valence-electron chi connectivity index (χ0n) is 14.7. The van der Waals surface area contributed by atoms with Crippen LogP contribution in [0.1, 0.15) is 44.0 Å². The molecule has 128 valence electrons. The van der Waals surface area contributed by atoms with Crippen molar-refractivity contribution in [1.29, 1.82) is 0 Å². The number of rotatable bonds is 8. The van der Waals surface area contributed by atoms with Crippen LogP contribution in [0.3, 0.4) is 0 Å².